The van der Waals surface area contributed by atoms with Gasteiger partial charge in [0.2, 0.25) is 0 Å². The maximum absolute atomic E-state index is 12.6. The van der Waals surface area contributed by atoms with Gasteiger partial charge in [-0.3, -0.25) is 24.2 Å². The molecule has 1 aliphatic rings. The van der Waals surface area contributed by atoms with E-state index in [0.29, 0.717) is 12.5 Å². The van der Waals surface area contributed by atoms with Crippen LogP contribution in [0.1, 0.15) is 36.3 Å². The minimum absolute atomic E-state index is 0.344. The zero-order chi connectivity index (χ0) is 17.8. The molecule has 0 atom stereocenters. The second-order valence-corrected chi connectivity index (χ2v) is 6.48. The van der Waals surface area contributed by atoms with E-state index in [0.717, 1.165) is 49.9 Å². The molecule has 0 aromatic carbocycles. The predicted molar refractivity (Wildman–Crippen MR) is 88.2 cm³/mol. The lowest BCUT2D eigenvalue weighted by atomic mass is 9.96. The molecule has 0 bridgehead atoms. The van der Waals surface area contributed by atoms with E-state index in [1.54, 1.807) is 12.4 Å². The van der Waals surface area contributed by atoms with Crippen LogP contribution in [0, 0.1) is 12.8 Å². The van der Waals surface area contributed by atoms with Crippen molar-refractivity contribution in [1.29, 1.82) is 0 Å². The summed E-state index contributed by atoms with van der Waals surface area (Å²) >= 11 is 0. The minimum atomic E-state index is -2.71. The zero-order valence-electron chi connectivity index (χ0n) is 14.1. The van der Waals surface area contributed by atoms with Crippen molar-refractivity contribution >= 4 is 0 Å². The van der Waals surface area contributed by atoms with Crippen LogP contribution in [0.3, 0.4) is 0 Å². The molecule has 1 fully saturated rings. The van der Waals surface area contributed by atoms with Crippen LogP contribution < -0.4 is 5.56 Å². The van der Waals surface area contributed by atoms with Crippen molar-refractivity contribution < 1.29 is 8.78 Å². The first kappa shape index (κ1) is 17.6. The SMILES string of the molecule is Cc1cncc(CN2CCC(Cn3cnc(C(F)F)cc3=O)CC2)n1. The second-order valence-electron chi connectivity index (χ2n) is 6.48. The summed E-state index contributed by atoms with van der Waals surface area (Å²) in [7, 11) is 0. The average Bonchev–Trinajstić information content (AvgIpc) is 2.58. The van der Waals surface area contributed by atoms with Crippen LogP contribution in [-0.2, 0) is 13.1 Å². The van der Waals surface area contributed by atoms with Gasteiger partial charge in [-0.15, -0.1) is 0 Å². The number of piperidine rings is 1. The largest absolute Gasteiger partial charge is 0.299 e. The summed E-state index contributed by atoms with van der Waals surface area (Å²) in [5, 5.41) is 0. The monoisotopic (exact) mass is 349 g/mol. The van der Waals surface area contributed by atoms with Gasteiger partial charge in [0.1, 0.15) is 5.69 Å². The lowest BCUT2D eigenvalue weighted by Gasteiger charge is -2.31. The topological polar surface area (TPSA) is 63.9 Å². The number of rotatable bonds is 5. The van der Waals surface area contributed by atoms with Gasteiger partial charge < -0.3 is 0 Å². The molecule has 0 radical (unpaired) electrons. The molecule has 1 aliphatic heterocycles. The van der Waals surface area contributed by atoms with Gasteiger partial charge in [0.15, 0.2) is 0 Å². The molecule has 0 unspecified atom stereocenters. The quantitative estimate of drug-likeness (QED) is 0.828. The fourth-order valence-corrected chi connectivity index (χ4v) is 3.12. The van der Waals surface area contributed by atoms with Crippen molar-refractivity contribution in [3.05, 3.63) is 52.2 Å². The molecule has 2 aromatic heterocycles. The van der Waals surface area contributed by atoms with Crippen LogP contribution in [0.5, 0.6) is 0 Å². The highest BCUT2D eigenvalue weighted by Gasteiger charge is 2.21. The van der Waals surface area contributed by atoms with E-state index in [2.05, 4.69) is 19.9 Å². The molecule has 0 saturated carbocycles. The van der Waals surface area contributed by atoms with E-state index in [-0.39, 0.29) is 0 Å². The maximum atomic E-state index is 12.6. The molecule has 134 valence electrons. The molecular formula is C17H21F2N5O. The Labute approximate surface area is 144 Å². The summed E-state index contributed by atoms with van der Waals surface area (Å²) in [6, 6.07) is 0.927. The Balaban J connectivity index is 1.53. The minimum Gasteiger partial charge on any atom is -0.299 e. The lowest BCUT2D eigenvalue weighted by molar-refractivity contribution is 0.144. The molecule has 0 amide bonds. The number of halogens is 2. The van der Waals surface area contributed by atoms with Gasteiger partial charge in [0, 0.05) is 31.5 Å². The normalized spacial score (nSPS) is 16.5. The first-order valence-corrected chi connectivity index (χ1v) is 8.35. The lowest BCUT2D eigenvalue weighted by Crippen LogP contribution is -2.36. The third kappa shape index (κ3) is 4.66. The van der Waals surface area contributed by atoms with Crippen LogP contribution in [0.15, 0.2) is 29.6 Å². The summed E-state index contributed by atoms with van der Waals surface area (Å²) in [5.74, 6) is 0.344. The summed E-state index contributed by atoms with van der Waals surface area (Å²) in [4.78, 5) is 26.5. The van der Waals surface area contributed by atoms with Gasteiger partial charge in [-0.1, -0.05) is 0 Å². The van der Waals surface area contributed by atoms with Crippen molar-refractivity contribution in [1.82, 2.24) is 24.4 Å². The third-order valence-corrected chi connectivity index (χ3v) is 4.48. The molecule has 25 heavy (non-hydrogen) atoms. The number of aryl methyl sites for hydroxylation is 1. The van der Waals surface area contributed by atoms with Crippen LogP contribution in [0.2, 0.25) is 0 Å². The van der Waals surface area contributed by atoms with E-state index in [1.807, 2.05) is 6.92 Å². The van der Waals surface area contributed by atoms with Gasteiger partial charge in [0.25, 0.3) is 12.0 Å². The highest BCUT2D eigenvalue weighted by molar-refractivity contribution is 5.02. The van der Waals surface area contributed by atoms with Crippen molar-refractivity contribution in [2.75, 3.05) is 13.1 Å². The summed E-state index contributed by atoms with van der Waals surface area (Å²) in [5.41, 5.74) is 0.992. The molecule has 6 nitrogen and oxygen atoms in total. The van der Waals surface area contributed by atoms with Gasteiger partial charge in [-0.05, 0) is 38.8 Å². The van der Waals surface area contributed by atoms with E-state index in [4.69, 9.17) is 0 Å². The van der Waals surface area contributed by atoms with Crippen LogP contribution in [0.4, 0.5) is 8.78 Å². The number of hydrogen-bond acceptors (Lipinski definition) is 5. The number of hydrogen-bond donors (Lipinski definition) is 0. The number of nitrogens with zero attached hydrogens (tertiary/aromatic N) is 5. The summed E-state index contributed by atoms with van der Waals surface area (Å²) in [6.45, 7) is 5.04. The molecule has 3 rings (SSSR count). The summed E-state index contributed by atoms with van der Waals surface area (Å²) < 4.78 is 26.5. The smallest absolute Gasteiger partial charge is 0.280 e. The Kier molecular flexibility index (Phi) is 5.47. The Morgan fingerprint density at radius 3 is 2.68 bits per heavy atom. The first-order chi connectivity index (χ1) is 12.0. The zero-order valence-corrected chi connectivity index (χ0v) is 14.1. The van der Waals surface area contributed by atoms with Crippen LogP contribution in [-0.4, -0.2) is 37.5 Å². The van der Waals surface area contributed by atoms with Crippen molar-refractivity contribution in [2.24, 2.45) is 5.92 Å². The molecule has 1 saturated heterocycles. The molecular weight excluding hydrogens is 328 g/mol. The van der Waals surface area contributed by atoms with Gasteiger partial charge in [-0.25, -0.2) is 13.8 Å². The summed E-state index contributed by atoms with van der Waals surface area (Å²) in [6.07, 6.45) is 3.94. The van der Waals surface area contributed by atoms with E-state index >= 15 is 0 Å². The average molecular weight is 349 g/mol. The van der Waals surface area contributed by atoms with Gasteiger partial charge in [0.05, 0.1) is 17.7 Å². The molecule has 3 heterocycles. The highest BCUT2D eigenvalue weighted by atomic mass is 19.3. The van der Waals surface area contributed by atoms with Gasteiger partial charge >= 0.3 is 0 Å². The van der Waals surface area contributed by atoms with Crippen LogP contribution >= 0.6 is 0 Å². The fourth-order valence-electron chi connectivity index (χ4n) is 3.12. The van der Waals surface area contributed by atoms with Crippen molar-refractivity contribution in [2.45, 2.75) is 39.3 Å². The van der Waals surface area contributed by atoms with E-state index in [9.17, 15) is 13.6 Å². The second kappa shape index (κ2) is 7.77. The highest BCUT2D eigenvalue weighted by Crippen LogP contribution is 2.20. The number of aromatic nitrogens is 4. The Bertz CT molecular complexity index is 772. The molecule has 8 heteroatoms. The van der Waals surface area contributed by atoms with Crippen LogP contribution in [0.25, 0.3) is 0 Å². The molecule has 0 spiro atoms. The Morgan fingerprint density at radius 1 is 1.28 bits per heavy atom. The Hall–Kier alpha value is -2.22. The van der Waals surface area contributed by atoms with Gasteiger partial charge in [-0.2, -0.15) is 0 Å². The molecule has 0 N–H and O–H groups in total. The maximum Gasteiger partial charge on any atom is 0.280 e. The number of alkyl halides is 2. The standard InChI is InChI=1S/C17H21F2N5O/c1-12-7-20-8-14(22-12)10-23-4-2-13(3-5-23)9-24-11-21-15(17(18)19)6-16(24)25/h6-8,11,13,17H,2-5,9-10H2,1H3. The Morgan fingerprint density at radius 2 is 2.04 bits per heavy atom. The molecule has 0 aliphatic carbocycles. The van der Waals surface area contributed by atoms with E-state index < -0.39 is 17.7 Å². The van der Waals surface area contributed by atoms with Crippen molar-refractivity contribution in [3.63, 3.8) is 0 Å². The van der Waals surface area contributed by atoms with Crippen molar-refractivity contribution in [3.8, 4) is 0 Å². The fraction of sp³-hybridized carbons (Fsp3) is 0.529. The molecule has 2 aromatic rings. The third-order valence-electron chi connectivity index (χ3n) is 4.48. The number of likely N-dealkylation sites (tertiary alicyclic amines) is 1. The predicted octanol–water partition coefficient (Wildman–Crippen LogP) is 2.19. The van der Waals surface area contributed by atoms with E-state index in [1.165, 1.54) is 10.9 Å². The first-order valence-electron chi connectivity index (χ1n) is 8.35.